The first-order valence-electron chi connectivity index (χ1n) is 5.63. The van der Waals surface area contributed by atoms with Gasteiger partial charge in [0.1, 0.15) is 6.61 Å². The van der Waals surface area contributed by atoms with Crippen molar-refractivity contribution in [1.29, 1.82) is 0 Å². The summed E-state index contributed by atoms with van der Waals surface area (Å²) >= 11 is 1.12. The van der Waals surface area contributed by atoms with Gasteiger partial charge in [-0.25, -0.2) is 0 Å². The number of hydrogen-bond acceptors (Lipinski definition) is 4. The van der Waals surface area contributed by atoms with Gasteiger partial charge in [-0.2, -0.15) is 0 Å². The molecule has 18 heavy (non-hydrogen) atoms. The molecule has 0 atom stereocenters. The molecule has 0 N–H and O–H groups in total. The second-order valence-corrected chi connectivity index (χ2v) is 4.95. The van der Waals surface area contributed by atoms with Crippen molar-refractivity contribution in [2.45, 2.75) is 13.0 Å². The second-order valence-electron chi connectivity index (χ2n) is 3.91. The Morgan fingerprint density at radius 3 is 2.50 bits per heavy atom. The number of esters is 1. The third kappa shape index (κ3) is 5.72. The molecule has 5 heteroatoms. The van der Waals surface area contributed by atoms with E-state index >= 15 is 0 Å². The van der Waals surface area contributed by atoms with Gasteiger partial charge in [0.15, 0.2) is 0 Å². The lowest BCUT2D eigenvalue weighted by atomic mass is 10.2. The predicted molar refractivity (Wildman–Crippen MR) is 72.4 cm³/mol. The number of carbonyl (C=O) groups excluding carboxylic acids is 2. The molecule has 1 amide bonds. The van der Waals surface area contributed by atoms with E-state index in [2.05, 4.69) is 0 Å². The maximum atomic E-state index is 11.4. The number of ether oxygens (including phenoxy) is 1. The molecule has 0 bridgehead atoms. The summed E-state index contributed by atoms with van der Waals surface area (Å²) in [5, 5.41) is -0.0501. The Morgan fingerprint density at radius 2 is 1.89 bits per heavy atom. The van der Waals surface area contributed by atoms with Crippen LogP contribution >= 0.6 is 11.8 Å². The molecule has 0 aliphatic heterocycles. The van der Waals surface area contributed by atoms with E-state index in [0.717, 1.165) is 17.3 Å². The average molecular weight is 267 g/mol. The molecule has 0 heterocycles. The number of thioether (sulfide) groups is 1. The summed E-state index contributed by atoms with van der Waals surface area (Å²) in [6, 6.07) is 9.51. The van der Waals surface area contributed by atoms with Crippen molar-refractivity contribution in [2.24, 2.45) is 0 Å². The van der Waals surface area contributed by atoms with Crippen LogP contribution in [0.25, 0.3) is 0 Å². The van der Waals surface area contributed by atoms with Crippen LogP contribution in [0.15, 0.2) is 30.3 Å². The molecule has 0 aromatic heterocycles. The van der Waals surface area contributed by atoms with Gasteiger partial charge in [0.2, 0.25) is 0 Å². The van der Waals surface area contributed by atoms with Crippen LogP contribution in [0.4, 0.5) is 4.79 Å². The molecule has 98 valence electrons. The second kappa shape index (κ2) is 7.76. The Kier molecular flexibility index (Phi) is 6.28. The van der Waals surface area contributed by atoms with Crippen molar-refractivity contribution in [3.63, 3.8) is 0 Å². The number of benzene rings is 1. The number of carbonyl (C=O) groups is 2. The predicted octanol–water partition coefficient (Wildman–Crippen LogP) is 2.53. The van der Waals surface area contributed by atoms with E-state index in [1.807, 2.05) is 30.3 Å². The molecule has 1 aromatic rings. The maximum absolute atomic E-state index is 11.4. The zero-order valence-corrected chi connectivity index (χ0v) is 11.4. The molecule has 0 radical (unpaired) electrons. The highest BCUT2D eigenvalue weighted by Gasteiger charge is 2.08. The molecular weight excluding hydrogens is 250 g/mol. The first-order chi connectivity index (χ1) is 8.59. The fourth-order valence-corrected chi connectivity index (χ4v) is 1.86. The third-order valence-electron chi connectivity index (χ3n) is 2.14. The normalized spacial score (nSPS) is 9.89. The SMILES string of the molecule is CN(C)C(=O)SCCC(=O)OCc1ccccc1. The van der Waals surface area contributed by atoms with Crippen molar-refractivity contribution >= 4 is 23.0 Å². The summed E-state index contributed by atoms with van der Waals surface area (Å²) < 4.78 is 5.09. The van der Waals surface area contributed by atoms with Crippen LogP contribution in [0.3, 0.4) is 0 Å². The lowest BCUT2D eigenvalue weighted by Gasteiger charge is -2.08. The topological polar surface area (TPSA) is 46.6 Å². The fraction of sp³-hybridized carbons (Fsp3) is 0.385. The molecule has 0 spiro atoms. The minimum absolute atomic E-state index is 0.0501. The minimum Gasteiger partial charge on any atom is -0.461 e. The first-order valence-corrected chi connectivity index (χ1v) is 6.62. The Hall–Kier alpha value is -1.49. The molecule has 0 aliphatic rings. The molecule has 0 saturated carbocycles. The number of amides is 1. The maximum Gasteiger partial charge on any atom is 0.306 e. The van der Waals surface area contributed by atoms with E-state index in [1.165, 1.54) is 4.90 Å². The van der Waals surface area contributed by atoms with Crippen LogP contribution in [0.5, 0.6) is 0 Å². The van der Waals surface area contributed by atoms with Crippen LogP contribution < -0.4 is 0 Å². The monoisotopic (exact) mass is 267 g/mol. The Labute approximate surface area is 111 Å². The minimum atomic E-state index is -0.280. The van der Waals surface area contributed by atoms with Crippen LogP contribution in [0, 0.1) is 0 Å². The standard InChI is InChI=1S/C13H17NO3S/c1-14(2)13(16)18-9-8-12(15)17-10-11-6-4-3-5-7-11/h3-7H,8-10H2,1-2H3. The summed E-state index contributed by atoms with van der Waals surface area (Å²) in [6.07, 6.45) is 0.247. The molecule has 4 nitrogen and oxygen atoms in total. The number of nitrogens with zero attached hydrogens (tertiary/aromatic N) is 1. The quantitative estimate of drug-likeness (QED) is 0.769. The highest BCUT2D eigenvalue weighted by atomic mass is 32.2. The summed E-state index contributed by atoms with van der Waals surface area (Å²) in [7, 11) is 3.37. The van der Waals surface area contributed by atoms with Gasteiger partial charge in [-0.1, -0.05) is 42.1 Å². The average Bonchev–Trinajstić information content (AvgIpc) is 2.37. The van der Waals surface area contributed by atoms with E-state index in [-0.39, 0.29) is 24.2 Å². The fourth-order valence-electron chi connectivity index (χ4n) is 1.16. The highest BCUT2D eigenvalue weighted by molar-refractivity contribution is 8.13. The smallest absolute Gasteiger partial charge is 0.306 e. The molecular formula is C13H17NO3S. The van der Waals surface area contributed by atoms with E-state index in [9.17, 15) is 9.59 Å². The van der Waals surface area contributed by atoms with Crippen molar-refractivity contribution in [1.82, 2.24) is 4.90 Å². The van der Waals surface area contributed by atoms with Crippen molar-refractivity contribution < 1.29 is 14.3 Å². The van der Waals surface area contributed by atoms with Gasteiger partial charge < -0.3 is 9.64 Å². The molecule has 0 unspecified atom stereocenters. The molecule has 0 saturated heterocycles. The lowest BCUT2D eigenvalue weighted by molar-refractivity contribution is -0.144. The van der Waals surface area contributed by atoms with Crippen molar-refractivity contribution in [3.8, 4) is 0 Å². The summed E-state index contributed by atoms with van der Waals surface area (Å²) in [5.74, 6) is 0.169. The van der Waals surface area contributed by atoms with Gasteiger partial charge >= 0.3 is 5.97 Å². The van der Waals surface area contributed by atoms with Crippen LogP contribution in [0.2, 0.25) is 0 Å². The van der Waals surface area contributed by atoms with E-state index in [0.29, 0.717) is 5.75 Å². The highest BCUT2D eigenvalue weighted by Crippen LogP contribution is 2.09. The van der Waals surface area contributed by atoms with Crippen LogP contribution in [-0.2, 0) is 16.1 Å². The van der Waals surface area contributed by atoms with E-state index < -0.39 is 0 Å². The zero-order valence-electron chi connectivity index (χ0n) is 10.6. The number of rotatable bonds is 5. The Bertz CT molecular complexity index is 392. The van der Waals surface area contributed by atoms with Gasteiger partial charge in [-0.3, -0.25) is 9.59 Å². The first kappa shape index (κ1) is 14.6. The third-order valence-corrected chi connectivity index (χ3v) is 3.16. The lowest BCUT2D eigenvalue weighted by Crippen LogP contribution is -2.17. The zero-order chi connectivity index (χ0) is 13.4. The molecule has 1 rings (SSSR count). The summed E-state index contributed by atoms with van der Waals surface area (Å²) in [6.45, 7) is 0.284. The molecule has 0 fully saturated rings. The van der Waals surface area contributed by atoms with Crippen LogP contribution in [0.1, 0.15) is 12.0 Å². The van der Waals surface area contributed by atoms with Crippen molar-refractivity contribution in [2.75, 3.05) is 19.8 Å². The number of hydrogen-bond donors (Lipinski definition) is 0. The summed E-state index contributed by atoms with van der Waals surface area (Å²) in [4.78, 5) is 24.1. The molecule has 1 aromatic carbocycles. The van der Waals surface area contributed by atoms with Crippen LogP contribution in [-0.4, -0.2) is 36.0 Å². The van der Waals surface area contributed by atoms with Gasteiger partial charge in [0, 0.05) is 19.8 Å². The van der Waals surface area contributed by atoms with E-state index in [4.69, 9.17) is 4.74 Å². The van der Waals surface area contributed by atoms with Crippen molar-refractivity contribution in [3.05, 3.63) is 35.9 Å². The van der Waals surface area contributed by atoms with Gasteiger partial charge in [0.25, 0.3) is 5.24 Å². The Balaban J connectivity index is 2.17. The van der Waals surface area contributed by atoms with Gasteiger partial charge in [0.05, 0.1) is 6.42 Å². The summed E-state index contributed by atoms with van der Waals surface area (Å²) in [5.41, 5.74) is 0.961. The van der Waals surface area contributed by atoms with Gasteiger partial charge in [-0.15, -0.1) is 0 Å². The Morgan fingerprint density at radius 1 is 1.22 bits per heavy atom. The molecule has 0 aliphatic carbocycles. The van der Waals surface area contributed by atoms with Gasteiger partial charge in [-0.05, 0) is 5.56 Å². The van der Waals surface area contributed by atoms with E-state index in [1.54, 1.807) is 14.1 Å². The largest absolute Gasteiger partial charge is 0.461 e.